The Kier molecular flexibility index (Phi) is 3.03. The van der Waals surface area contributed by atoms with E-state index >= 15 is 0 Å². The van der Waals surface area contributed by atoms with E-state index in [0.717, 1.165) is 0 Å². The van der Waals surface area contributed by atoms with Crippen LogP contribution in [0.5, 0.6) is 0 Å². The van der Waals surface area contributed by atoms with Crippen LogP contribution in [-0.2, 0) is 0 Å². The molecule has 1 aliphatic rings. The molecule has 0 unspecified atom stereocenters. The van der Waals surface area contributed by atoms with Crippen molar-refractivity contribution in [2.24, 2.45) is 0 Å². The lowest BCUT2D eigenvalue weighted by Gasteiger charge is -2.17. The van der Waals surface area contributed by atoms with Crippen LogP contribution in [0.15, 0.2) is 18.2 Å². The molecule has 1 saturated carbocycles. The zero-order valence-corrected chi connectivity index (χ0v) is 11.5. The summed E-state index contributed by atoms with van der Waals surface area (Å²) < 4.78 is 42.6. The molecule has 1 aliphatic carbocycles. The maximum atomic E-state index is 13.9. The lowest BCUT2D eigenvalue weighted by Crippen LogP contribution is -2.13. The van der Waals surface area contributed by atoms with Gasteiger partial charge in [-0.05, 0) is 32.4 Å². The molecule has 1 atom stereocenters. The van der Waals surface area contributed by atoms with Gasteiger partial charge in [0.2, 0.25) is 5.92 Å². The first-order valence-corrected chi connectivity index (χ1v) is 6.93. The van der Waals surface area contributed by atoms with Crippen molar-refractivity contribution in [2.45, 2.75) is 51.0 Å². The number of nitrogens with zero attached hydrogens (tertiary/aromatic N) is 2. The molecule has 0 amide bonds. The van der Waals surface area contributed by atoms with E-state index in [9.17, 15) is 13.2 Å². The molecular weight excluding hydrogens is 265 g/mol. The first kappa shape index (κ1) is 13.5. The normalized spacial score (nSPS) is 22.0. The Balaban J connectivity index is 2.15. The standard InChI is InChI=1S/C15H17F3N2/c1-9(2)20-12-5-3-4-11(16)13(12)19-14(20)10-6-7-15(17,18)8-10/h3-5,9-10H,6-8H2,1-2H3/t10-/m1/s1. The molecule has 0 saturated heterocycles. The van der Waals surface area contributed by atoms with E-state index in [1.165, 1.54) is 6.07 Å². The molecule has 108 valence electrons. The van der Waals surface area contributed by atoms with Crippen LogP contribution in [0.3, 0.4) is 0 Å². The molecule has 1 aromatic carbocycles. The molecule has 1 aromatic heterocycles. The van der Waals surface area contributed by atoms with Crippen LogP contribution < -0.4 is 0 Å². The predicted molar refractivity (Wildman–Crippen MR) is 71.6 cm³/mol. The topological polar surface area (TPSA) is 17.8 Å². The van der Waals surface area contributed by atoms with E-state index < -0.39 is 11.7 Å². The number of benzene rings is 1. The third kappa shape index (κ3) is 2.09. The highest BCUT2D eigenvalue weighted by Gasteiger charge is 2.42. The van der Waals surface area contributed by atoms with Crippen LogP contribution in [0.1, 0.15) is 50.9 Å². The van der Waals surface area contributed by atoms with Crippen LogP contribution in [0.4, 0.5) is 13.2 Å². The molecule has 0 aliphatic heterocycles. The highest BCUT2D eigenvalue weighted by molar-refractivity contribution is 5.77. The smallest absolute Gasteiger partial charge is 0.248 e. The number of aromatic nitrogens is 2. The minimum absolute atomic E-state index is 0.0611. The second kappa shape index (κ2) is 4.50. The number of rotatable bonds is 2. The average Bonchev–Trinajstić information content (AvgIpc) is 2.90. The second-order valence-electron chi connectivity index (χ2n) is 5.84. The van der Waals surface area contributed by atoms with Gasteiger partial charge in [-0.25, -0.2) is 18.2 Å². The summed E-state index contributed by atoms with van der Waals surface area (Å²) in [5, 5.41) is 0. The molecule has 20 heavy (non-hydrogen) atoms. The summed E-state index contributed by atoms with van der Waals surface area (Å²) >= 11 is 0. The van der Waals surface area contributed by atoms with Gasteiger partial charge in [0.25, 0.3) is 0 Å². The number of hydrogen-bond donors (Lipinski definition) is 0. The largest absolute Gasteiger partial charge is 0.325 e. The molecule has 0 radical (unpaired) electrons. The van der Waals surface area contributed by atoms with Gasteiger partial charge in [0.1, 0.15) is 11.3 Å². The van der Waals surface area contributed by atoms with E-state index in [2.05, 4.69) is 4.98 Å². The van der Waals surface area contributed by atoms with Gasteiger partial charge in [-0.15, -0.1) is 0 Å². The Labute approximate surface area is 115 Å². The lowest BCUT2D eigenvalue weighted by molar-refractivity contribution is 0.00744. The molecule has 0 bridgehead atoms. The van der Waals surface area contributed by atoms with E-state index in [1.807, 2.05) is 18.4 Å². The molecule has 2 aromatic rings. The second-order valence-corrected chi connectivity index (χ2v) is 5.84. The van der Waals surface area contributed by atoms with E-state index in [4.69, 9.17) is 0 Å². The van der Waals surface area contributed by atoms with Crippen molar-refractivity contribution in [1.29, 1.82) is 0 Å². The highest BCUT2D eigenvalue weighted by atomic mass is 19.3. The molecule has 3 rings (SSSR count). The molecule has 1 heterocycles. The fourth-order valence-electron chi connectivity index (χ4n) is 3.10. The first-order valence-electron chi connectivity index (χ1n) is 6.93. The van der Waals surface area contributed by atoms with Crippen molar-refractivity contribution in [2.75, 3.05) is 0 Å². The van der Waals surface area contributed by atoms with Crippen molar-refractivity contribution in [3.63, 3.8) is 0 Å². The summed E-state index contributed by atoms with van der Waals surface area (Å²) in [6, 6.07) is 4.84. The first-order chi connectivity index (χ1) is 9.39. The fraction of sp³-hybridized carbons (Fsp3) is 0.533. The molecular formula is C15H17F3N2. The minimum Gasteiger partial charge on any atom is -0.325 e. The molecule has 0 N–H and O–H groups in total. The van der Waals surface area contributed by atoms with Crippen LogP contribution in [0, 0.1) is 5.82 Å². The zero-order valence-electron chi connectivity index (χ0n) is 11.5. The molecule has 0 spiro atoms. The summed E-state index contributed by atoms with van der Waals surface area (Å²) in [5.41, 5.74) is 0.969. The monoisotopic (exact) mass is 282 g/mol. The van der Waals surface area contributed by atoms with E-state index in [-0.39, 0.29) is 30.3 Å². The maximum absolute atomic E-state index is 13.9. The number of hydrogen-bond acceptors (Lipinski definition) is 1. The van der Waals surface area contributed by atoms with E-state index in [0.29, 0.717) is 17.8 Å². The van der Waals surface area contributed by atoms with Crippen molar-refractivity contribution >= 4 is 11.0 Å². The van der Waals surface area contributed by atoms with Crippen LogP contribution in [0.25, 0.3) is 11.0 Å². The number of imidazole rings is 1. The average molecular weight is 282 g/mol. The third-order valence-electron chi connectivity index (χ3n) is 3.98. The molecule has 1 fully saturated rings. The van der Waals surface area contributed by atoms with Gasteiger partial charge in [-0.1, -0.05) is 6.07 Å². The number of halogens is 3. The summed E-state index contributed by atoms with van der Waals surface area (Å²) in [6.45, 7) is 3.92. The fourth-order valence-corrected chi connectivity index (χ4v) is 3.10. The maximum Gasteiger partial charge on any atom is 0.248 e. The Morgan fingerprint density at radius 2 is 2.10 bits per heavy atom. The van der Waals surface area contributed by atoms with Gasteiger partial charge >= 0.3 is 0 Å². The minimum atomic E-state index is -2.62. The van der Waals surface area contributed by atoms with Gasteiger partial charge in [0, 0.05) is 24.8 Å². The summed E-state index contributed by atoms with van der Waals surface area (Å²) in [6.07, 6.45) is 0.108. The molecule has 2 nitrogen and oxygen atoms in total. The van der Waals surface area contributed by atoms with Crippen molar-refractivity contribution in [3.05, 3.63) is 29.8 Å². The van der Waals surface area contributed by atoms with Gasteiger partial charge < -0.3 is 4.57 Å². The van der Waals surface area contributed by atoms with Crippen molar-refractivity contribution < 1.29 is 13.2 Å². The van der Waals surface area contributed by atoms with Gasteiger partial charge in [0.15, 0.2) is 5.82 Å². The summed E-state index contributed by atoms with van der Waals surface area (Å²) in [5.74, 6) is -2.72. The Bertz CT molecular complexity index is 646. The highest BCUT2D eigenvalue weighted by Crippen LogP contribution is 2.45. The Morgan fingerprint density at radius 1 is 1.35 bits per heavy atom. The third-order valence-corrected chi connectivity index (χ3v) is 3.98. The Hall–Kier alpha value is -1.52. The number of alkyl halides is 2. The van der Waals surface area contributed by atoms with Gasteiger partial charge in [-0.2, -0.15) is 0 Å². The lowest BCUT2D eigenvalue weighted by atomic mass is 10.1. The van der Waals surface area contributed by atoms with E-state index in [1.54, 1.807) is 12.1 Å². The summed E-state index contributed by atoms with van der Waals surface area (Å²) in [7, 11) is 0. The van der Waals surface area contributed by atoms with Gasteiger partial charge in [0.05, 0.1) is 5.52 Å². The summed E-state index contributed by atoms with van der Waals surface area (Å²) in [4.78, 5) is 4.34. The van der Waals surface area contributed by atoms with Crippen LogP contribution in [0.2, 0.25) is 0 Å². The van der Waals surface area contributed by atoms with Crippen molar-refractivity contribution in [1.82, 2.24) is 9.55 Å². The van der Waals surface area contributed by atoms with Crippen LogP contribution >= 0.6 is 0 Å². The predicted octanol–water partition coefficient (Wildman–Crippen LogP) is 4.66. The van der Waals surface area contributed by atoms with Crippen molar-refractivity contribution in [3.8, 4) is 0 Å². The zero-order chi connectivity index (χ0) is 14.5. The number of para-hydroxylation sites is 1. The SMILES string of the molecule is CC(C)n1c([C@@H]2CCC(F)(F)C2)nc2c(F)cccc21. The quantitative estimate of drug-likeness (QED) is 0.783. The van der Waals surface area contributed by atoms with Crippen LogP contribution in [-0.4, -0.2) is 15.5 Å². The van der Waals surface area contributed by atoms with Gasteiger partial charge in [-0.3, -0.25) is 0 Å². The number of fused-ring (bicyclic) bond motifs is 1. The molecule has 5 heteroatoms. The Morgan fingerprint density at radius 3 is 2.70 bits per heavy atom.